The highest BCUT2D eigenvalue weighted by molar-refractivity contribution is 7.92. The van der Waals surface area contributed by atoms with E-state index in [1.807, 2.05) is 35.0 Å². The number of hydrogen-bond donors (Lipinski definition) is 2. The van der Waals surface area contributed by atoms with Gasteiger partial charge in [-0.15, -0.1) is 0 Å². The van der Waals surface area contributed by atoms with E-state index in [0.717, 1.165) is 11.3 Å². The molecule has 33 heavy (non-hydrogen) atoms. The average Bonchev–Trinajstić information content (AvgIpc) is 3.22. The fourth-order valence-electron chi connectivity index (χ4n) is 3.28. The molecule has 0 bridgehead atoms. The van der Waals surface area contributed by atoms with Crippen molar-refractivity contribution in [3.63, 3.8) is 0 Å². The second-order valence-corrected chi connectivity index (χ2v) is 9.30. The quantitative estimate of drug-likeness (QED) is 0.396. The number of nitrogens with zero attached hydrogens (tertiary/aromatic N) is 2. The third-order valence-corrected chi connectivity index (χ3v) is 6.49. The van der Waals surface area contributed by atoms with Crippen LogP contribution in [0.2, 0.25) is 5.02 Å². The summed E-state index contributed by atoms with van der Waals surface area (Å²) >= 11 is 5.98. The number of hydrogen-bond acceptors (Lipinski definition) is 5. The summed E-state index contributed by atoms with van der Waals surface area (Å²) in [6.07, 6.45) is 4.36. The fraction of sp³-hybridized carbons (Fsp3) is 0.130. The van der Waals surface area contributed by atoms with Crippen molar-refractivity contribution < 1.29 is 17.9 Å². The van der Waals surface area contributed by atoms with Crippen LogP contribution < -0.4 is 14.8 Å². The molecule has 0 unspecified atom stereocenters. The molecule has 2 aromatic heterocycles. The first kappa shape index (κ1) is 22.6. The summed E-state index contributed by atoms with van der Waals surface area (Å²) in [6.45, 7) is 0.359. The standard InChI is InChI=1S/C23H21ClN4O4S/c1-32-21-9-8-17(24)14-20(21)27-33(30,31)19-6-4-5-16(13-19)23(29)25-11-10-18-15-28-12-3-2-7-22(28)26-18/h2-9,12-15,27H,10-11H2,1H3,(H,25,29). The van der Waals surface area contributed by atoms with E-state index in [4.69, 9.17) is 16.3 Å². The number of imidazole rings is 1. The van der Waals surface area contributed by atoms with Crippen LogP contribution in [0, 0.1) is 0 Å². The molecule has 0 saturated carbocycles. The molecular formula is C23H21ClN4O4S. The summed E-state index contributed by atoms with van der Waals surface area (Å²) in [6, 6.07) is 16.1. The van der Waals surface area contributed by atoms with Crippen molar-refractivity contribution in [1.82, 2.24) is 14.7 Å². The van der Waals surface area contributed by atoms with Crippen molar-refractivity contribution >= 4 is 38.9 Å². The van der Waals surface area contributed by atoms with E-state index in [2.05, 4.69) is 15.0 Å². The molecule has 0 spiro atoms. The maximum Gasteiger partial charge on any atom is 0.262 e. The van der Waals surface area contributed by atoms with Gasteiger partial charge < -0.3 is 14.5 Å². The number of carbonyl (C=O) groups excluding carboxylic acids is 1. The van der Waals surface area contributed by atoms with Gasteiger partial charge in [0.1, 0.15) is 11.4 Å². The number of amides is 1. The van der Waals surface area contributed by atoms with Crippen LogP contribution in [0.5, 0.6) is 5.75 Å². The van der Waals surface area contributed by atoms with Crippen LogP contribution >= 0.6 is 11.6 Å². The van der Waals surface area contributed by atoms with Gasteiger partial charge in [-0.2, -0.15) is 0 Å². The molecule has 4 aromatic rings. The van der Waals surface area contributed by atoms with Gasteiger partial charge in [0.05, 0.1) is 23.4 Å². The van der Waals surface area contributed by atoms with E-state index in [1.165, 1.54) is 31.4 Å². The Morgan fingerprint density at radius 1 is 1.12 bits per heavy atom. The van der Waals surface area contributed by atoms with E-state index in [1.54, 1.807) is 18.2 Å². The summed E-state index contributed by atoms with van der Waals surface area (Å²) in [5.41, 5.74) is 2.11. The van der Waals surface area contributed by atoms with Crippen LogP contribution in [-0.2, 0) is 16.4 Å². The van der Waals surface area contributed by atoms with Crippen molar-refractivity contribution in [3.05, 3.63) is 89.3 Å². The maximum absolute atomic E-state index is 12.9. The predicted octanol–water partition coefficient (Wildman–Crippen LogP) is 3.77. The molecule has 0 aliphatic heterocycles. The number of nitrogens with one attached hydrogen (secondary N) is 2. The molecule has 1 amide bonds. The van der Waals surface area contributed by atoms with Crippen molar-refractivity contribution in [2.45, 2.75) is 11.3 Å². The van der Waals surface area contributed by atoms with E-state index in [-0.39, 0.29) is 22.1 Å². The lowest BCUT2D eigenvalue weighted by molar-refractivity contribution is 0.0954. The molecule has 2 N–H and O–H groups in total. The van der Waals surface area contributed by atoms with Gasteiger partial charge in [0.15, 0.2) is 0 Å². The zero-order valence-electron chi connectivity index (χ0n) is 17.7. The Kier molecular flexibility index (Phi) is 6.52. The number of sulfonamides is 1. The number of rotatable bonds is 8. The van der Waals surface area contributed by atoms with Crippen molar-refractivity contribution in [2.24, 2.45) is 0 Å². The molecule has 0 atom stereocenters. The Balaban J connectivity index is 1.44. The number of anilines is 1. The number of ether oxygens (including phenoxy) is 1. The first-order valence-corrected chi connectivity index (χ1v) is 11.9. The average molecular weight is 485 g/mol. The van der Waals surface area contributed by atoms with Crippen molar-refractivity contribution in [2.75, 3.05) is 18.4 Å². The zero-order valence-corrected chi connectivity index (χ0v) is 19.2. The number of carbonyl (C=O) groups is 1. The van der Waals surface area contributed by atoms with Crippen LogP contribution in [-0.4, -0.2) is 37.4 Å². The Morgan fingerprint density at radius 3 is 2.76 bits per heavy atom. The largest absolute Gasteiger partial charge is 0.495 e. The lowest BCUT2D eigenvalue weighted by Crippen LogP contribution is -2.26. The summed E-state index contributed by atoms with van der Waals surface area (Å²) in [5, 5.41) is 3.16. The molecule has 8 nitrogen and oxygen atoms in total. The van der Waals surface area contributed by atoms with Gasteiger partial charge in [0, 0.05) is 35.9 Å². The van der Waals surface area contributed by atoms with Crippen molar-refractivity contribution in [3.8, 4) is 5.75 Å². The molecule has 2 heterocycles. The van der Waals surface area contributed by atoms with Gasteiger partial charge in [0.2, 0.25) is 0 Å². The first-order valence-electron chi connectivity index (χ1n) is 10.0. The molecule has 0 fully saturated rings. The van der Waals surface area contributed by atoms with Gasteiger partial charge in [-0.3, -0.25) is 9.52 Å². The zero-order chi connectivity index (χ0) is 23.4. The molecule has 4 rings (SSSR count). The van der Waals surface area contributed by atoms with Gasteiger partial charge in [-0.05, 0) is 48.5 Å². The smallest absolute Gasteiger partial charge is 0.262 e. The first-order chi connectivity index (χ1) is 15.9. The summed E-state index contributed by atoms with van der Waals surface area (Å²) in [5.74, 6) is -0.0556. The molecular weight excluding hydrogens is 464 g/mol. The molecule has 0 saturated heterocycles. The van der Waals surface area contributed by atoms with E-state index >= 15 is 0 Å². The minimum atomic E-state index is -3.98. The number of benzene rings is 2. The summed E-state index contributed by atoms with van der Waals surface area (Å²) in [7, 11) is -2.55. The highest BCUT2D eigenvalue weighted by Gasteiger charge is 2.19. The number of halogens is 1. The normalized spacial score (nSPS) is 11.3. The maximum atomic E-state index is 12.9. The van der Waals surface area contributed by atoms with E-state index in [9.17, 15) is 13.2 Å². The second kappa shape index (κ2) is 9.51. The summed E-state index contributed by atoms with van der Waals surface area (Å²) in [4.78, 5) is 17.0. The molecule has 2 aromatic carbocycles. The van der Waals surface area contributed by atoms with Gasteiger partial charge in [-0.25, -0.2) is 13.4 Å². The van der Waals surface area contributed by atoms with Crippen molar-refractivity contribution in [1.29, 1.82) is 0 Å². The Labute approximate surface area is 196 Å². The Bertz CT molecular complexity index is 1390. The second-order valence-electron chi connectivity index (χ2n) is 7.18. The third kappa shape index (κ3) is 5.27. The summed E-state index contributed by atoms with van der Waals surface area (Å²) < 4.78 is 35.3. The Morgan fingerprint density at radius 2 is 1.97 bits per heavy atom. The van der Waals surface area contributed by atoms with E-state index in [0.29, 0.717) is 23.7 Å². The van der Waals surface area contributed by atoms with Gasteiger partial charge in [0.25, 0.3) is 15.9 Å². The van der Waals surface area contributed by atoms with Crippen LogP contribution in [0.1, 0.15) is 16.1 Å². The minimum absolute atomic E-state index is 0.0578. The Hall–Kier alpha value is -3.56. The number of fused-ring (bicyclic) bond motifs is 1. The topological polar surface area (TPSA) is 102 Å². The van der Waals surface area contributed by atoms with Crippen LogP contribution in [0.3, 0.4) is 0 Å². The minimum Gasteiger partial charge on any atom is -0.495 e. The monoisotopic (exact) mass is 484 g/mol. The number of methoxy groups -OCH3 is 1. The highest BCUT2D eigenvalue weighted by Crippen LogP contribution is 2.30. The van der Waals surface area contributed by atoms with E-state index < -0.39 is 10.0 Å². The lowest BCUT2D eigenvalue weighted by Gasteiger charge is -2.13. The van der Waals surface area contributed by atoms with Gasteiger partial charge in [-0.1, -0.05) is 23.7 Å². The molecule has 0 aliphatic rings. The lowest BCUT2D eigenvalue weighted by atomic mass is 10.2. The number of aromatic nitrogens is 2. The third-order valence-electron chi connectivity index (χ3n) is 4.89. The van der Waals surface area contributed by atoms with Crippen LogP contribution in [0.25, 0.3) is 5.65 Å². The fourth-order valence-corrected chi connectivity index (χ4v) is 4.56. The molecule has 0 aliphatic carbocycles. The molecule has 10 heteroatoms. The highest BCUT2D eigenvalue weighted by atomic mass is 35.5. The molecule has 170 valence electrons. The van der Waals surface area contributed by atoms with Gasteiger partial charge >= 0.3 is 0 Å². The van der Waals surface area contributed by atoms with Crippen LogP contribution in [0.15, 0.2) is 78.0 Å². The number of pyridine rings is 1. The SMILES string of the molecule is COc1ccc(Cl)cc1NS(=O)(=O)c1cccc(C(=O)NCCc2cn3ccccc3n2)c1. The predicted molar refractivity (Wildman–Crippen MR) is 126 cm³/mol. The van der Waals surface area contributed by atoms with Crippen LogP contribution in [0.4, 0.5) is 5.69 Å². The molecule has 0 radical (unpaired) electrons.